The number of carbonyl (C=O) groups is 1. The van der Waals surface area contributed by atoms with Crippen LogP contribution in [0.1, 0.15) is 63.5 Å². The third kappa shape index (κ3) is 4.97. The summed E-state index contributed by atoms with van der Waals surface area (Å²) in [7, 11) is 0. The number of halogens is 3. The highest BCUT2D eigenvalue weighted by Crippen LogP contribution is 2.43. The Hall–Kier alpha value is -2.84. The molecule has 0 bridgehead atoms. The van der Waals surface area contributed by atoms with E-state index in [0.29, 0.717) is 18.8 Å². The number of aliphatic carboxylic acids is 1. The lowest BCUT2D eigenvalue weighted by molar-refractivity contribution is -0.575. The van der Waals surface area contributed by atoms with Gasteiger partial charge in [0.05, 0.1) is 12.5 Å². The summed E-state index contributed by atoms with van der Waals surface area (Å²) in [4.78, 5) is 22.0. The van der Waals surface area contributed by atoms with Crippen LogP contribution in [0.2, 0.25) is 0 Å². The van der Waals surface area contributed by atoms with E-state index in [2.05, 4.69) is 6.92 Å². The molecule has 1 saturated carbocycles. The number of ether oxygens (including phenoxy) is 1. The third-order valence-electron chi connectivity index (χ3n) is 6.37. The number of hydrogen-bond acceptors (Lipinski definition) is 4. The van der Waals surface area contributed by atoms with Crippen LogP contribution in [0.15, 0.2) is 30.3 Å². The van der Waals surface area contributed by atoms with Crippen LogP contribution >= 0.6 is 0 Å². The van der Waals surface area contributed by atoms with Crippen molar-refractivity contribution in [1.82, 2.24) is 0 Å². The molecule has 2 aromatic rings. The summed E-state index contributed by atoms with van der Waals surface area (Å²) in [5.74, 6) is -0.888. The topological polar surface area (TPSA) is 89.7 Å². The zero-order chi connectivity index (χ0) is 23.7. The van der Waals surface area contributed by atoms with E-state index in [1.807, 2.05) is 0 Å². The first kappa shape index (κ1) is 23.8. The van der Waals surface area contributed by atoms with Gasteiger partial charge in [0.2, 0.25) is 5.54 Å². The second kappa shape index (κ2) is 8.96. The summed E-state index contributed by atoms with van der Waals surface area (Å²) in [6, 6.07) is 6.56. The van der Waals surface area contributed by atoms with E-state index in [1.165, 1.54) is 37.3 Å². The maximum atomic E-state index is 14.0. The predicted octanol–water partition coefficient (Wildman–Crippen LogP) is 6.17. The Kier molecular flexibility index (Phi) is 6.67. The van der Waals surface area contributed by atoms with Gasteiger partial charge in [0.1, 0.15) is 11.3 Å². The average molecular weight is 453 g/mol. The molecule has 1 unspecified atom stereocenters. The first-order chi connectivity index (χ1) is 14.9. The zero-order valence-electron chi connectivity index (χ0n) is 17.9. The van der Waals surface area contributed by atoms with E-state index in [0.717, 1.165) is 12.8 Å². The van der Waals surface area contributed by atoms with Gasteiger partial charge < -0.3 is 9.84 Å². The van der Waals surface area contributed by atoms with Crippen molar-refractivity contribution in [2.45, 2.75) is 70.2 Å². The van der Waals surface area contributed by atoms with Crippen molar-refractivity contribution in [3.63, 3.8) is 0 Å². The highest BCUT2D eigenvalue weighted by Gasteiger charge is 2.41. The van der Waals surface area contributed by atoms with Crippen molar-refractivity contribution >= 4 is 16.7 Å². The smallest absolute Gasteiger partial charge is 0.420 e. The molecule has 0 aliphatic heterocycles. The quantitative estimate of drug-likeness (QED) is 0.400. The molecule has 174 valence electrons. The minimum absolute atomic E-state index is 0.105. The molecule has 32 heavy (non-hydrogen) atoms. The molecule has 0 heterocycles. The lowest BCUT2D eigenvalue weighted by atomic mass is 9.86. The molecule has 6 nitrogen and oxygen atoms in total. The molecule has 3 rings (SSSR count). The Morgan fingerprint density at radius 3 is 2.41 bits per heavy atom. The molecule has 0 aromatic heterocycles. The largest absolute Gasteiger partial charge is 0.490 e. The van der Waals surface area contributed by atoms with Crippen molar-refractivity contribution in [2.75, 3.05) is 0 Å². The number of fused-ring (bicyclic) bond motifs is 1. The van der Waals surface area contributed by atoms with Gasteiger partial charge >= 0.3 is 12.1 Å². The molecule has 0 spiro atoms. The molecule has 1 fully saturated rings. The van der Waals surface area contributed by atoms with Crippen molar-refractivity contribution in [2.24, 2.45) is 5.92 Å². The van der Waals surface area contributed by atoms with Crippen LogP contribution in [0.25, 0.3) is 10.8 Å². The van der Waals surface area contributed by atoms with Crippen LogP contribution in [0, 0.1) is 16.0 Å². The highest BCUT2D eigenvalue weighted by atomic mass is 19.4. The van der Waals surface area contributed by atoms with Gasteiger partial charge in [-0.2, -0.15) is 13.2 Å². The number of nitrogens with zero attached hydrogens (tertiary/aromatic N) is 1. The molecule has 1 atom stereocenters. The highest BCUT2D eigenvalue weighted by molar-refractivity contribution is 5.89. The maximum absolute atomic E-state index is 14.0. The molecule has 0 amide bonds. The minimum atomic E-state index is -4.67. The number of nitro groups is 1. The van der Waals surface area contributed by atoms with Crippen LogP contribution < -0.4 is 4.74 Å². The first-order valence-corrected chi connectivity index (χ1v) is 10.6. The van der Waals surface area contributed by atoms with Crippen molar-refractivity contribution in [3.05, 3.63) is 51.6 Å². The molecular formula is C23H26F3NO5. The fourth-order valence-corrected chi connectivity index (χ4v) is 4.25. The standard InChI is InChI=1S/C23H26F3NO5/c1-14-3-7-17(8-4-14)32-19-10-5-15-13-16(6-9-18(15)21(19)23(24,25)26)22(2,27(30)31)12-11-20(28)29/h5-6,9-10,13-14,17H,3-4,7-8,11-12H2,1-2H3,(H,28,29). The number of carboxylic acid groups (broad SMARTS) is 1. The Morgan fingerprint density at radius 2 is 1.84 bits per heavy atom. The Balaban J connectivity index is 2.03. The van der Waals surface area contributed by atoms with Gasteiger partial charge in [0.15, 0.2) is 0 Å². The Labute approximate surface area is 183 Å². The van der Waals surface area contributed by atoms with Gasteiger partial charge in [0, 0.05) is 23.8 Å². The van der Waals surface area contributed by atoms with E-state index in [4.69, 9.17) is 9.84 Å². The number of hydrogen-bond donors (Lipinski definition) is 1. The van der Waals surface area contributed by atoms with Crippen LogP contribution in [-0.2, 0) is 16.5 Å². The maximum Gasteiger partial charge on any atom is 0.420 e. The van der Waals surface area contributed by atoms with E-state index in [1.54, 1.807) is 0 Å². The molecule has 0 radical (unpaired) electrons. The van der Waals surface area contributed by atoms with Gasteiger partial charge in [-0.15, -0.1) is 0 Å². The number of alkyl halides is 3. The van der Waals surface area contributed by atoms with Gasteiger partial charge in [-0.3, -0.25) is 14.9 Å². The molecule has 0 saturated heterocycles. The molecule has 1 aliphatic carbocycles. The van der Waals surface area contributed by atoms with E-state index in [-0.39, 0.29) is 34.6 Å². The van der Waals surface area contributed by atoms with E-state index in [9.17, 15) is 28.1 Å². The SMILES string of the molecule is CC1CCC(Oc2ccc3cc(C(C)(CCC(=O)O)[N+](=O)[O-])ccc3c2C(F)(F)F)CC1. The fraction of sp³-hybridized carbons (Fsp3) is 0.522. The summed E-state index contributed by atoms with van der Waals surface area (Å²) >= 11 is 0. The third-order valence-corrected chi connectivity index (χ3v) is 6.37. The Morgan fingerprint density at radius 1 is 1.19 bits per heavy atom. The van der Waals surface area contributed by atoms with Gasteiger partial charge in [0.25, 0.3) is 0 Å². The normalized spacial score (nSPS) is 21.2. The van der Waals surface area contributed by atoms with Gasteiger partial charge in [-0.1, -0.05) is 25.1 Å². The van der Waals surface area contributed by atoms with Gasteiger partial charge in [-0.25, -0.2) is 0 Å². The molecule has 9 heteroatoms. The fourth-order valence-electron chi connectivity index (χ4n) is 4.25. The van der Waals surface area contributed by atoms with Crippen LogP contribution in [0.4, 0.5) is 13.2 Å². The van der Waals surface area contributed by atoms with E-state index >= 15 is 0 Å². The number of rotatable bonds is 7. The summed E-state index contributed by atoms with van der Waals surface area (Å²) in [6.45, 7) is 3.39. The van der Waals surface area contributed by atoms with Crippen LogP contribution in [0.3, 0.4) is 0 Å². The lowest BCUT2D eigenvalue weighted by Gasteiger charge is -2.28. The summed E-state index contributed by atoms with van der Waals surface area (Å²) in [5.41, 5.74) is -2.48. The summed E-state index contributed by atoms with van der Waals surface area (Å²) in [5, 5.41) is 20.7. The van der Waals surface area contributed by atoms with Gasteiger partial charge in [-0.05, 0) is 54.5 Å². The van der Waals surface area contributed by atoms with Crippen molar-refractivity contribution in [3.8, 4) is 5.75 Å². The van der Waals surface area contributed by atoms with Crippen LogP contribution in [-0.4, -0.2) is 22.1 Å². The predicted molar refractivity (Wildman–Crippen MR) is 112 cm³/mol. The van der Waals surface area contributed by atoms with Crippen LogP contribution in [0.5, 0.6) is 5.75 Å². The molecule has 2 aromatic carbocycles. The summed E-state index contributed by atoms with van der Waals surface area (Å²) in [6.07, 6.45) is -2.48. The van der Waals surface area contributed by atoms with E-state index < -0.39 is 34.6 Å². The number of carboxylic acids is 1. The second-order valence-corrected chi connectivity index (χ2v) is 8.80. The minimum Gasteiger partial charge on any atom is -0.490 e. The zero-order valence-corrected chi connectivity index (χ0v) is 17.9. The summed E-state index contributed by atoms with van der Waals surface area (Å²) < 4.78 is 47.8. The Bertz CT molecular complexity index is 1010. The number of benzene rings is 2. The first-order valence-electron chi connectivity index (χ1n) is 10.6. The van der Waals surface area contributed by atoms with Crippen molar-refractivity contribution in [1.29, 1.82) is 0 Å². The lowest BCUT2D eigenvalue weighted by Crippen LogP contribution is -2.32. The van der Waals surface area contributed by atoms with Crippen molar-refractivity contribution < 1.29 is 32.7 Å². The molecular weight excluding hydrogens is 427 g/mol. The monoisotopic (exact) mass is 453 g/mol. The molecule has 1 aliphatic rings. The molecule has 1 N–H and O–H groups in total. The average Bonchev–Trinajstić information content (AvgIpc) is 2.72. The second-order valence-electron chi connectivity index (χ2n) is 8.80.